The fourth-order valence-corrected chi connectivity index (χ4v) is 4.20. The lowest BCUT2D eigenvalue weighted by Gasteiger charge is -2.11. The molecule has 1 heterocycles. The van der Waals surface area contributed by atoms with Crippen molar-refractivity contribution in [1.29, 1.82) is 0 Å². The first-order valence-electron chi connectivity index (χ1n) is 10.5. The third-order valence-corrected chi connectivity index (χ3v) is 6.07. The summed E-state index contributed by atoms with van der Waals surface area (Å²) >= 11 is 1.20. The molecule has 2 N–H and O–H groups in total. The van der Waals surface area contributed by atoms with Crippen LogP contribution in [0.1, 0.15) is 15.9 Å². The molecule has 178 valence electrons. The number of hydrogen-bond acceptors (Lipinski definition) is 8. The van der Waals surface area contributed by atoms with Crippen LogP contribution in [0.3, 0.4) is 0 Å². The molecule has 0 saturated carbocycles. The molecule has 0 atom stereocenters. The molecule has 0 unspecified atom stereocenters. The van der Waals surface area contributed by atoms with Gasteiger partial charge in [-0.2, -0.15) is 0 Å². The standard InChI is InChI=1S/C26H21NO7S/c1-32-19-6-4-5-17(12-19)27-24(29)15-35-23-8-3-2-7-21(23)26(31)33-14-16-11-25(30)34-22-13-18(28)9-10-20(16)22/h2-13,28H,14-15H2,1H3,(H,27,29). The second-order valence-electron chi connectivity index (χ2n) is 7.41. The molecule has 1 aromatic heterocycles. The van der Waals surface area contributed by atoms with E-state index < -0.39 is 11.6 Å². The summed E-state index contributed by atoms with van der Waals surface area (Å²) < 4.78 is 15.7. The van der Waals surface area contributed by atoms with E-state index in [4.69, 9.17) is 13.9 Å². The number of rotatable bonds is 8. The van der Waals surface area contributed by atoms with E-state index in [1.54, 1.807) is 61.7 Å². The highest BCUT2D eigenvalue weighted by molar-refractivity contribution is 8.00. The van der Waals surface area contributed by atoms with Gasteiger partial charge in [-0.3, -0.25) is 4.79 Å². The van der Waals surface area contributed by atoms with E-state index in [1.165, 1.54) is 30.0 Å². The van der Waals surface area contributed by atoms with Crippen LogP contribution < -0.4 is 15.7 Å². The molecule has 9 heteroatoms. The van der Waals surface area contributed by atoms with E-state index in [2.05, 4.69) is 5.32 Å². The summed E-state index contributed by atoms with van der Waals surface area (Å²) in [5.41, 5.74) is 0.938. The molecule has 1 amide bonds. The van der Waals surface area contributed by atoms with Crippen molar-refractivity contribution in [3.63, 3.8) is 0 Å². The molecule has 0 bridgehead atoms. The lowest BCUT2D eigenvalue weighted by Crippen LogP contribution is -2.14. The Morgan fingerprint density at radius 1 is 1.03 bits per heavy atom. The third-order valence-electron chi connectivity index (χ3n) is 4.99. The minimum absolute atomic E-state index is 0.0452. The smallest absolute Gasteiger partial charge is 0.339 e. The van der Waals surface area contributed by atoms with Gasteiger partial charge in [-0.1, -0.05) is 18.2 Å². The van der Waals surface area contributed by atoms with Crippen LogP contribution >= 0.6 is 11.8 Å². The number of benzene rings is 3. The van der Waals surface area contributed by atoms with Crippen molar-refractivity contribution in [2.75, 3.05) is 18.2 Å². The molecule has 4 aromatic rings. The second-order valence-corrected chi connectivity index (χ2v) is 8.43. The molecule has 3 aromatic carbocycles. The van der Waals surface area contributed by atoms with Crippen LogP contribution in [0, 0.1) is 0 Å². The highest BCUT2D eigenvalue weighted by Crippen LogP contribution is 2.26. The summed E-state index contributed by atoms with van der Waals surface area (Å²) in [4.78, 5) is 37.7. The number of ether oxygens (including phenoxy) is 2. The van der Waals surface area contributed by atoms with Gasteiger partial charge in [0, 0.05) is 39.7 Å². The maximum atomic E-state index is 12.8. The number of hydrogen-bond donors (Lipinski definition) is 2. The Kier molecular flexibility index (Phi) is 7.37. The Hall–Kier alpha value is -4.24. The van der Waals surface area contributed by atoms with Crippen molar-refractivity contribution in [2.45, 2.75) is 11.5 Å². The van der Waals surface area contributed by atoms with Crippen molar-refractivity contribution >= 4 is 40.3 Å². The fraction of sp³-hybridized carbons (Fsp3) is 0.115. The quantitative estimate of drug-likeness (QED) is 0.209. The topological polar surface area (TPSA) is 115 Å². The molecule has 0 aliphatic carbocycles. The summed E-state index contributed by atoms with van der Waals surface area (Å²) in [7, 11) is 1.55. The Labute approximate surface area is 204 Å². The summed E-state index contributed by atoms with van der Waals surface area (Å²) in [6.45, 7) is -0.166. The van der Waals surface area contributed by atoms with Crippen LogP contribution in [0.15, 0.2) is 86.9 Å². The number of methoxy groups -OCH3 is 1. The van der Waals surface area contributed by atoms with Crippen molar-refractivity contribution in [2.24, 2.45) is 0 Å². The van der Waals surface area contributed by atoms with Crippen LogP contribution in [-0.4, -0.2) is 29.8 Å². The first kappa shape index (κ1) is 23.9. The SMILES string of the molecule is COc1cccc(NC(=O)CSc2ccccc2C(=O)OCc2cc(=O)oc3cc(O)ccc23)c1. The number of aromatic hydroxyl groups is 1. The average molecular weight is 492 g/mol. The number of esters is 1. The first-order valence-corrected chi connectivity index (χ1v) is 11.5. The minimum atomic E-state index is -0.618. The predicted molar refractivity (Wildman–Crippen MR) is 132 cm³/mol. The van der Waals surface area contributed by atoms with Gasteiger partial charge in [0.1, 0.15) is 23.7 Å². The van der Waals surface area contributed by atoms with Crippen molar-refractivity contribution in [3.05, 3.63) is 94.3 Å². The number of anilines is 1. The highest BCUT2D eigenvalue weighted by Gasteiger charge is 2.16. The van der Waals surface area contributed by atoms with Crippen LogP contribution in [0.4, 0.5) is 5.69 Å². The van der Waals surface area contributed by atoms with Gasteiger partial charge in [0.05, 0.1) is 18.4 Å². The average Bonchev–Trinajstić information content (AvgIpc) is 2.85. The zero-order chi connectivity index (χ0) is 24.8. The molecule has 35 heavy (non-hydrogen) atoms. The van der Waals surface area contributed by atoms with Crippen LogP contribution in [0.5, 0.6) is 11.5 Å². The summed E-state index contributed by atoms with van der Waals surface area (Å²) in [5, 5.41) is 13.0. The number of phenols is 1. The van der Waals surface area contributed by atoms with Gasteiger partial charge in [0.2, 0.25) is 5.91 Å². The zero-order valence-corrected chi connectivity index (χ0v) is 19.5. The predicted octanol–water partition coefficient (Wildman–Crippen LogP) is 4.60. The maximum Gasteiger partial charge on any atom is 0.339 e. The number of thioether (sulfide) groups is 1. The molecular weight excluding hydrogens is 470 g/mol. The normalized spacial score (nSPS) is 10.7. The lowest BCUT2D eigenvalue weighted by molar-refractivity contribution is -0.113. The van der Waals surface area contributed by atoms with E-state index in [-0.39, 0.29) is 29.6 Å². The van der Waals surface area contributed by atoms with Crippen LogP contribution in [0.2, 0.25) is 0 Å². The fourth-order valence-electron chi connectivity index (χ4n) is 3.36. The molecule has 8 nitrogen and oxygen atoms in total. The van der Waals surface area contributed by atoms with Gasteiger partial charge in [-0.25, -0.2) is 9.59 Å². The minimum Gasteiger partial charge on any atom is -0.508 e. The molecular formula is C26H21NO7S. The van der Waals surface area contributed by atoms with Crippen LogP contribution in [-0.2, 0) is 16.1 Å². The summed E-state index contributed by atoms with van der Waals surface area (Å²) in [6.07, 6.45) is 0. The lowest BCUT2D eigenvalue weighted by atomic mass is 10.1. The van der Waals surface area contributed by atoms with Crippen LogP contribution in [0.25, 0.3) is 11.0 Å². The molecule has 0 aliphatic rings. The third kappa shape index (κ3) is 6.01. The number of nitrogens with one attached hydrogen (secondary N) is 1. The maximum absolute atomic E-state index is 12.8. The number of phenolic OH excluding ortho intramolecular Hbond substituents is 1. The first-order chi connectivity index (χ1) is 16.9. The Bertz CT molecular complexity index is 1450. The number of amides is 1. The largest absolute Gasteiger partial charge is 0.508 e. The van der Waals surface area contributed by atoms with E-state index >= 15 is 0 Å². The van der Waals surface area contributed by atoms with Gasteiger partial charge in [0.25, 0.3) is 0 Å². The van der Waals surface area contributed by atoms with E-state index in [1.807, 2.05) is 0 Å². The molecule has 0 fully saturated rings. The molecule has 0 spiro atoms. The molecule has 0 aliphatic heterocycles. The van der Waals surface area contributed by atoms with Gasteiger partial charge >= 0.3 is 11.6 Å². The number of carbonyl (C=O) groups excluding carboxylic acids is 2. The molecule has 0 radical (unpaired) electrons. The number of fused-ring (bicyclic) bond motifs is 1. The Morgan fingerprint density at radius 3 is 2.69 bits per heavy atom. The van der Waals surface area contributed by atoms with Gasteiger partial charge in [0.15, 0.2) is 0 Å². The van der Waals surface area contributed by atoms with Gasteiger partial charge in [-0.15, -0.1) is 11.8 Å². The van der Waals surface area contributed by atoms with Crippen molar-refractivity contribution in [3.8, 4) is 11.5 Å². The van der Waals surface area contributed by atoms with E-state index in [0.29, 0.717) is 32.8 Å². The number of carbonyl (C=O) groups is 2. The monoisotopic (exact) mass is 491 g/mol. The summed E-state index contributed by atoms with van der Waals surface area (Å²) in [6, 6.07) is 19.4. The Balaban J connectivity index is 1.42. The Morgan fingerprint density at radius 2 is 1.86 bits per heavy atom. The summed E-state index contributed by atoms with van der Waals surface area (Å²) in [5.74, 6) is -0.172. The van der Waals surface area contributed by atoms with E-state index in [0.717, 1.165) is 0 Å². The van der Waals surface area contributed by atoms with Crippen molar-refractivity contribution in [1.82, 2.24) is 0 Å². The van der Waals surface area contributed by atoms with E-state index in [9.17, 15) is 19.5 Å². The van der Waals surface area contributed by atoms with Crippen molar-refractivity contribution < 1.29 is 28.6 Å². The van der Waals surface area contributed by atoms with Gasteiger partial charge in [-0.05, 0) is 36.4 Å². The zero-order valence-electron chi connectivity index (χ0n) is 18.6. The highest BCUT2D eigenvalue weighted by atomic mass is 32.2. The van der Waals surface area contributed by atoms with Gasteiger partial charge < -0.3 is 24.3 Å². The second kappa shape index (κ2) is 10.8. The molecule has 0 saturated heterocycles. The molecule has 4 rings (SSSR count).